The number of fused-ring (bicyclic) bond motifs is 4. The van der Waals surface area contributed by atoms with E-state index in [1.807, 2.05) is 5.51 Å². The van der Waals surface area contributed by atoms with E-state index in [0.29, 0.717) is 24.4 Å². The van der Waals surface area contributed by atoms with Crippen LogP contribution in [0.5, 0.6) is 0 Å². The summed E-state index contributed by atoms with van der Waals surface area (Å²) in [5, 5.41) is 2.06. The smallest absolute Gasteiger partial charge is 0.227 e. The molecule has 2 bridgehead atoms. The topological polar surface area (TPSA) is 36.4 Å². The number of amides is 1. The standard InChI is InChI=1S/C21H27N3OS/c1-15(2)17-5-3-16(4-6-17)9-23-10-18-7-8-20(12-23)24(21(18)25)11-19-13-26-14-22-19/h3-6,13-15,18,20H,7-12H2,1-2H3/t18-,20+/m1/s1. The fraction of sp³-hybridized carbons (Fsp3) is 0.524. The number of hydrogen-bond donors (Lipinski definition) is 0. The van der Waals surface area contributed by atoms with Crippen LogP contribution in [0, 0.1) is 5.92 Å². The minimum Gasteiger partial charge on any atom is -0.332 e. The van der Waals surface area contributed by atoms with Gasteiger partial charge < -0.3 is 4.90 Å². The van der Waals surface area contributed by atoms with Gasteiger partial charge in [-0.25, -0.2) is 4.98 Å². The van der Waals surface area contributed by atoms with E-state index in [9.17, 15) is 4.79 Å². The first-order chi connectivity index (χ1) is 12.6. The highest BCUT2D eigenvalue weighted by Gasteiger charge is 2.40. The Kier molecular flexibility index (Phi) is 5.09. The predicted molar refractivity (Wildman–Crippen MR) is 105 cm³/mol. The van der Waals surface area contributed by atoms with Crippen molar-refractivity contribution in [3.8, 4) is 0 Å². The quantitative estimate of drug-likeness (QED) is 0.802. The molecule has 0 unspecified atom stereocenters. The number of nitrogens with zero attached hydrogens (tertiary/aromatic N) is 3. The normalized spacial score (nSPS) is 23.7. The van der Waals surface area contributed by atoms with Gasteiger partial charge in [0, 0.05) is 31.1 Å². The molecule has 2 aromatic rings. The number of rotatable bonds is 5. The lowest BCUT2D eigenvalue weighted by atomic mass is 9.94. The van der Waals surface area contributed by atoms with Crippen molar-refractivity contribution in [2.24, 2.45) is 5.92 Å². The first-order valence-electron chi connectivity index (χ1n) is 9.59. The molecule has 0 N–H and O–H groups in total. The summed E-state index contributed by atoms with van der Waals surface area (Å²) in [5.41, 5.74) is 5.60. The molecule has 4 heterocycles. The van der Waals surface area contributed by atoms with Crippen molar-refractivity contribution in [2.75, 3.05) is 13.1 Å². The summed E-state index contributed by atoms with van der Waals surface area (Å²) in [6, 6.07) is 9.30. The van der Waals surface area contributed by atoms with Crippen molar-refractivity contribution in [1.29, 1.82) is 0 Å². The van der Waals surface area contributed by atoms with Crippen molar-refractivity contribution in [1.82, 2.24) is 14.8 Å². The molecule has 0 radical (unpaired) electrons. The Morgan fingerprint density at radius 3 is 2.65 bits per heavy atom. The van der Waals surface area contributed by atoms with E-state index in [-0.39, 0.29) is 5.92 Å². The zero-order valence-electron chi connectivity index (χ0n) is 15.6. The summed E-state index contributed by atoms with van der Waals surface area (Å²) in [7, 11) is 0. The Labute approximate surface area is 159 Å². The summed E-state index contributed by atoms with van der Waals surface area (Å²) in [5.74, 6) is 1.03. The lowest BCUT2D eigenvalue weighted by Crippen LogP contribution is -2.47. The predicted octanol–water partition coefficient (Wildman–Crippen LogP) is 3.89. The lowest BCUT2D eigenvalue weighted by molar-refractivity contribution is -0.140. The van der Waals surface area contributed by atoms with Gasteiger partial charge in [0.25, 0.3) is 0 Å². The number of piperidine rings is 1. The molecule has 4 nitrogen and oxygen atoms in total. The fourth-order valence-corrected chi connectivity index (χ4v) is 4.77. The Balaban J connectivity index is 1.46. The Morgan fingerprint density at radius 2 is 1.96 bits per heavy atom. The molecule has 0 saturated carbocycles. The van der Waals surface area contributed by atoms with Crippen LogP contribution in [0.3, 0.4) is 0 Å². The molecule has 0 spiro atoms. The SMILES string of the molecule is CC(C)c1ccc(CN2C[C@H]3CC[C@@H](C2)N(Cc2cscn2)C3=O)cc1. The maximum absolute atomic E-state index is 12.9. The molecule has 26 heavy (non-hydrogen) atoms. The third-order valence-electron chi connectivity index (χ3n) is 5.74. The van der Waals surface area contributed by atoms with E-state index in [0.717, 1.165) is 38.2 Å². The van der Waals surface area contributed by atoms with E-state index in [4.69, 9.17) is 0 Å². The molecule has 1 aromatic carbocycles. The van der Waals surface area contributed by atoms with Gasteiger partial charge in [0.2, 0.25) is 5.91 Å². The highest BCUT2D eigenvalue weighted by Crippen LogP contribution is 2.31. The highest BCUT2D eigenvalue weighted by atomic mass is 32.1. The maximum Gasteiger partial charge on any atom is 0.227 e. The Bertz CT molecular complexity index is 741. The molecule has 0 aliphatic carbocycles. The van der Waals surface area contributed by atoms with Gasteiger partial charge in [0.15, 0.2) is 0 Å². The summed E-state index contributed by atoms with van der Waals surface area (Å²) in [6.07, 6.45) is 2.14. The summed E-state index contributed by atoms with van der Waals surface area (Å²) < 4.78 is 0. The molecule has 1 amide bonds. The van der Waals surface area contributed by atoms with Gasteiger partial charge in [-0.1, -0.05) is 38.1 Å². The number of carbonyl (C=O) groups is 1. The Hall–Kier alpha value is -1.72. The summed E-state index contributed by atoms with van der Waals surface area (Å²) in [4.78, 5) is 21.9. The van der Waals surface area contributed by atoms with Crippen molar-refractivity contribution in [3.63, 3.8) is 0 Å². The second-order valence-electron chi connectivity index (χ2n) is 7.96. The van der Waals surface area contributed by atoms with E-state index in [1.54, 1.807) is 11.3 Å². The van der Waals surface area contributed by atoms with E-state index < -0.39 is 0 Å². The molecule has 138 valence electrons. The van der Waals surface area contributed by atoms with E-state index in [2.05, 4.69) is 58.3 Å². The minimum absolute atomic E-state index is 0.141. The number of hydrogen-bond acceptors (Lipinski definition) is 4. The number of thiazole rings is 1. The average Bonchev–Trinajstić information content (AvgIpc) is 3.01. The van der Waals surface area contributed by atoms with Gasteiger partial charge in [-0.15, -0.1) is 11.3 Å². The number of benzene rings is 1. The van der Waals surface area contributed by atoms with E-state index in [1.165, 1.54) is 11.1 Å². The molecule has 3 aliphatic heterocycles. The third-order valence-corrected chi connectivity index (χ3v) is 6.37. The van der Waals surface area contributed by atoms with Crippen LogP contribution in [0.4, 0.5) is 0 Å². The fourth-order valence-electron chi connectivity index (χ4n) is 4.22. The van der Waals surface area contributed by atoms with E-state index >= 15 is 0 Å². The summed E-state index contributed by atoms with van der Waals surface area (Å²) >= 11 is 1.60. The number of carbonyl (C=O) groups excluding carboxylic acids is 1. The molecule has 3 saturated heterocycles. The van der Waals surface area contributed by atoms with Gasteiger partial charge in [-0.3, -0.25) is 9.69 Å². The number of aromatic nitrogens is 1. The second-order valence-corrected chi connectivity index (χ2v) is 8.68. The van der Waals surface area contributed by atoms with Crippen LogP contribution in [-0.4, -0.2) is 39.8 Å². The molecule has 3 fully saturated rings. The third kappa shape index (κ3) is 3.69. The molecule has 5 heteroatoms. The van der Waals surface area contributed by atoms with Crippen LogP contribution in [0.1, 0.15) is 49.4 Å². The molecular formula is C21H27N3OS. The van der Waals surface area contributed by atoms with Crippen LogP contribution in [-0.2, 0) is 17.9 Å². The molecule has 3 aliphatic rings. The van der Waals surface area contributed by atoms with Gasteiger partial charge in [0.1, 0.15) is 0 Å². The second kappa shape index (κ2) is 7.49. The van der Waals surface area contributed by atoms with Crippen LogP contribution >= 0.6 is 11.3 Å². The van der Waals surface area contributed by atoms with Crippen LogP contribution in [0.2, 0.25) is 0 Å². The first kappa shape index (κ1) is 17.7. The zero-order chi connectivity index (χ0) is 18.1. The average molecular weight is 370 g/mol. The minimum atomic E-state index is 0.141. The highest BCUT2D eigenvalue weighted by molar-refractivity contribution is 7.07. The molecular weight excluding hydrogens is 342 g/mol. The van der Waals surface area contributed by atoms with Gasteiger partial charge >= 0.3 is 0 Å². The van der Waals surface area contributed by atoms with Crippen molar-refractivity contribution in [2.45, 2.75) is 51.7 Å². The van der Waals surface area contributed by atoms with Gasteiger partial charge in [-0.05, 0) is 29.9 Å². The van der Waals surface area contributed by atoms with Crippen molar-refractivity contribution < 1.29 is 4.79 Å². The van der Waals surface area contributed by atoms with Crippen LogP contribution < -0.4 is 0 Å². The molecule has 5 rings (SSSR count). The van der Waals surface area contributed by atoms with Crippen LogP contribution in [0.15, 0.2) is 35.2 Å². The summed E-state index contributed by atoms with van der Waals surface area (Å²) in [6.45, 7) is 7.91. The Morgan fingerprint density at radius 1 is 1.15 bits per heavy atom. The monoisotopic (exact) mass is 369 g/mol. The molecule has 1 aromatic heterocycles. The van der Waals surface area contributed by atoms with Crippen molar-refractivity contribution >= 4 is 17.2 Å². The van der Waals surface area contributed by atoms with Crippen LogP contribution in [0.25, 0.3) is 0 Å². The largest absolute Gasteiger partial charge is 0.332 e. The van der Waals surface area contributed by atoms with Crippen molar-refractivity contribution in [3.05, 3.63) is 52.0 Å². The van der Waals surface area contributed by atoms with Gasteiger partial charge in [-0.2, -0.15) is 0 Å². The molecule has 2 atom stereocenters. The first-order valence-corrected chi connectivity index (χ1v) is 10.5. The lowest BCUT2D eigenvalue weighted by Gasteiger charge is -2.35. The zero-order valence-corrected chi connectivity index (χ0v) is 16.4. The maximum atomic E-state index is 12.9. The van der Waals surface area contributed by atoms with Gasteiger partial charge in [0.05, 0.1) is 23.7 Å².